The summed E-state index contributed by atoms with van der Waals surface area (Å²) in [7, 11) is 1.88. The van der Waals surface area contributed by atoms with E-state index < -0.39 is 7.63 Å². The van der Waals surface area contributed by atoms with E-state index in [9.17, 15) is 0 Å². The van der Waals surface area contributed by atoms with Gasteiger partial charge in [0.1, 0.15) is 0 Å². The summed E-state index contributed by atoms with van der Waals surface area (Å²) in [5, 5.41) is 6.16. The lowest BCUT2D eigenvalue weighted by Crippen LogP contribution is -2.44. The maximum absolute atomic E-state index is 6.41. The van der Waals surface area contributed by atoms with E-state index in [1.54, 1.807) is 5.01 Å². The van der Waals surface area contributed by atoms with Crippen LogP contribution in [-0.2, 0) is 4.43 Å². The zero-order valence-corrected chi connectivity index (χ0v) is 12.1. The van der Waals surface area contributed by atoms with Crippen molar-refractivity contribution >= 4 is 24.6 Å². The molecule has 0 atom stereocenters. The summed E-state index contributed by atoms with van der Waals surface area (Å²) in [5.74, 6) is 0.772. The molecule has 0 spiro atoms. The smallest absolute Gasteiger partial charge is 0.349 e. The van der Waals surface area contributed by atoms with Crippen LogP contribution in [0.25, 0.3) is 0 Å². The monoisotopic (exact) mass is 248 g/mol. The molecule has 0 unspecified atom stereocenters. The zero-order valence-electron chi connectivity index (χ0n) is 10.3. The van der Waals surface area contributed by atoms with Crippen molar-refractivity contribution in [1.82, 2.24) is 5.01 Å². The highest BCUT2D eigenvalue weighted by Gasteiger charge is 2.44. The van der Waals surface area contributed by atoms with E-state index in [0.717, 1.165) is 18.0 Å². The van der Waals surface area contributed by atoms with Gasteiger partial charge in [-0.15, -0.1) is 16.2 Å². The van der Waals surface area contributed by atoms with Crippen LogP contribution in [0.2, 0.25) is 12.1 Å². The van der Waals surface area contributed by atoms with Gasteiger partial charge in [-0.1, -0.05) is 20.8 Å². The second kappa shape index (κ2) is 4.34. The molecular weight excluding hydrogens is 228 g/mol. The van der Waals surface area contributed by atoms with Gasteiger partial charge in [0.25, 0.3) is 0 Å². The van der Waals surface area contributed by atoms with Gasteiger partial charge in [0.15, 0.2) is 5.90 Å². The molecule has 3 nitrogen and oxygen atoms in total. The lowest BCUT2D eigenvalue weighted by molar-refractivity contribution is 0.362. The molecule has 0 aromatic carbocycles. The summed E-state index contributed by atoms with van der Waals surface area (Å²) >= 11 is 6.41. The minimum atomic E-state index is -1.92. The SMILES string of the molecule is CN(C)/N=C(/O[Si]1(Cl)CCC1)C(C)(C)C. The molecule has 1 aliphatic rings. The molecule has 88 valence electrons. The minimum absolute atomic E-state index is 0.0747. The molecule has 1 saturated heterocycles. The largest absolute Gasteiger partial charge is 0.517 e. The summed E-state index contributed by atoms with van der Waals surface area (Å²) in [6.07, 6.45) is 1.20. The van der Waals surface area contributed by atoms with Crippen molar-refractivity contribution in [2.24, 2.45) is 10.5 Å². The van der Waals surface area contributed by atoms with Crippen LogP contribution in [0, 0.1) is 5.41 Å². The quantitative estimate of drug-likeness (QED) is 0.247. The van der Waals surface area contributed by atoms with E-state index in [0.29, 0.717) is 0 Å². The maximum Gasteiger partial charge on any atom is 0.349 e. The predicted octanol–water partition coefficient (Wildman–Crippen LogP) is 3.01. The van der Waals surface area contributed by atoms with Crippen LogP contribution in [0.5, 0.6) is 0 Å². The van der Waals surface area contributed by atoms with Crippen molar-refractivity contribution in [2.45, 2.75) is 39.3 Å². The highest BCUT2D eigenvalue weighted by Crippen LogP contribution is 2.38. The highest BCUT2D eigenvalue weighted by molar-refractivity contribution is 7.18. The van der Waals surface area contributed by atoms with Crippen molar-refractivity contribution in [3.63, 3.8) is 0 Å². The van der Waals surface area contributed by atoms with Gasteiger partial charge in [-0.2, -0.15) is 0 Å². The number of nitrogens with zero attached hydrogens (tertiary/aromatic N) is 2. The fourth-order valence-corrected chi connectivity index (χ4v) is 4.06. The third-order valence-electron chi connectivity index (χ3n) is 2.31. The molecule has 0 aliphatic carbocycles. The summed E-state index contributed by atoms with van der Waals surface area (Å²) in [6.45, 7) is 6.30. The second-order valence-corrected chi connectivity index (χ2v) is 10.4. The van der Waals surface area contributed by atoms with E-state index >= 15 is 0 Å². The lowest BCUT2D eigenvalue weighted by atomic mass is 9.97. The maximum atomic E-state index is 6.41. The molecule has 0 amide bonds. The Hall–Kier alpha value is -0.223. The van der Waals surface area contributed by atoms with Crippen LogP contribution in [0.1, 0.15) is 27.2 Å². The first-order chi connectivity index (χ1) is 6.73. The van der Waals surface area contributed by atoms with Crippen molar-refractivity contribution in [1.29, 1.82) is 0 Å². The summed E-state index contributed by atoms with van der Waals surface area (Å²) in [4.78, 5) is 0. The van der Waals surface area contributed by atoms with Crippen LogP contribution < -0.4 is 0 Å². The van der Waals surface area contributed by atoms with Crippen molar-refractivity contribution < 1.29 is 4.43 Å². The van der Waals surface area contributed by atoms with E-state index in [1.807, 2.05) is 14.1 Å². The molecule has 1 heterocycles. The van der Waals surface area contributed by atoms with Gasteiger partial charge < -0.3 is 4.43 Å². The van der Waals surface area contributed by atoms with Crippen LogP contribution in [0.3, 0.4) is 0 Å². The van der Waals surface area contributed by atoms with Gasteiger partial charge >= 0.3 is 7.63 Å². The second-order valence-electron chi connectivity index (χ2n) is 5.34. The summed E-state index contributed by atoms with van der Waals surface area (Å²) < 4.78 is 5.96. The molecule has 1 rings (SSSR count). The van der Waals surface area contributed by atoms with Gasteiger partial charge in [0, 0.05) is 19.5 Å². The number of rotatable bonds is 2. The first kappa shape index (κ1) is 12.8. The molecule has 0 radical (unpaired) electrons. The molecule has 0 saturated carbocycles. The molecular formula is C10H21ClN2OSi. The molecule has 1 aliphatic heterocycles. The topological polar surface area (TPSA) is 24.8 Å². The van der Waals surface area contributed by atoms with Crippen molar-refractivity contribution in [3.8, 4) is 0 Å². The normalized spacial score (nSPS) is 20.8. The van der Waals surface area contributed by atoms with Crippen LogP contribution in [0.15, 0.2) is 5.10 Å². The molecule has 5 heteroatoms. The standard InChI is InChI=1S/C10H21ClN2OSi/c1-10(2,3)9(12-13(4)5)14-15(11)7-6-8-15/h6-8H2,1-5H3/b12-9+. The lowest BCUT2D eigenvalue weighted by Gasteiger charge is -2.36. The molecule has 1 fully saturated rings. The Balaban J connectivity index is 2.74. The third kappa shape index (κ3) is 3.68. The Kier molecular flexibility index (Phi) is 3.71. The Bertz CT molecular complexity index is 257. The first-order valence-electron chi connectivity index (χ1n) is 5.37. The number of halogens is 1. The Morgan fingerprint density at radius 3 is 2.13 bits per heavy atom. The summed E-state index contributed by atoms with van der Waals surface area (Å²) in [6, 6.07) is 2.11. The van der Waals surface area contributed by atoms with Gasteiger partial charge in [0.05, 0.1) is 0 Å². The molecule has 15 heavy (non-hydrogen) atoms. The fraction of sp³-hybridized carbons (Fsp3) is 0.900. The average molecular weight is 249 g/mol. The molecule has 0 aromatic rings. The summed E-state index contributed by atoms with van der Waals surface area (Å²) in [5.41, 5.74) is -0.0747. The minimum Gasteiger partial charge on any atom is -0.517 e. The Morgan fingerprint density at radius 1 is 1.33 bits per heavy atom. The highest BCUT2D eigenvalue weighted by atomic mass is 35.6. The van der Waals surface area contributed by atoms with Gasteiger partial charge in [-0.05, 0) is 18.5 Å². The van der Waals surface area contributed by atoms with Gasteiger partial charge in [-0.25, -0.2) is 0 Å². The number of hydrogen-bond donors (Lipinski definition) is 0. The van der Waals surface area contributed by atoms with Crippen LogP contribution in [-0.4, -0.2) is 32.6 Å². The Labute approximate surface area is 98.3 Å². The molecule has 0 N–H and O–H groups in total. The zero-order chi connectivity index (χ0) is 11.7. The predicted molar refractivity (Wildman–Crippen MR) is 67.5 cm³/mol. The van der Waals surface area contributed by atoms with E-state index in [4.69, 9.17) is 15.5 Å². The third-order valence-corrected chi connectivity index (χ3v) is 6.44. The van der Waals surface area contributed by atoms with Crippen molar-refractivity contribution in [2.75, 3.05) is 14.1 Å². The van der Waals surface area contributed by atoms with Gasteiger partial charge in [-0.3, -0.25) is 5.01 Å². The Morgan fingerprint density at radius 2 is 1.87 bits per heavy atom. The number of hydrogen-bond acceptors (Lipinski definition) is 3. The van der Waals surface area contributed by atoms with E-state index in [-0.39, 0.29) is 5.41 Å². The average Bonchev–Trinajstić information content (AvgIpc) is 1.97. The fourth-order valence-electron chi connectivity index (χ4n) is 1.24. The van der Waals surface area contributed by atoms with Crippen LogP contribution >= 0.6 is 11.1 Å². The molecule has 0 bridgehead atoms. The number of hydrazone groups is 1. The van der Waals surface area contributed by atoms with Crippen molar-refractivity contribution in [3.05, 3.63) is 0 Å². The van der Waals surface area contributed by atoms with Gasteiger partial charge in [0.2, 0.25) is 0 Å². The first-order valence-corrected chi connectivity index (χ1v) is 8.71. The van der Waals surface area contributed by atoms with E-state index in [1.165, 1.54) is 6.42 Å². The van der Waals surface area contributed by atoms with E-state index in [2.05, 4.69) is 25.9 Å². The van der Waals surface area contributed by atoms with Crippen LogP contribution in [0.4, 0.5) is 0 Å². The molecule has 0 aromatic heterocycles.